The highest BCUT2D eigenvalue weighted by molar-refractivity contribution is 6.33. The minimum absolute atomic E-state index is 0.0435. The van der Waals surface area contributed by atoms with Crippen LogP contribution in [0.25, 0.3) is 17.1 Å². The van der Waals surface area contributed by atoms with Crippen LogP contribution in [-0.4, -0.2) is 24.5 Å². The van der Waals surface area contributed by atoms with E-state index in [1.54, 1.807) is 25.3 Å². The molecule has 35 heavy (non-hydrogen) atoms. The summed E-state index contributed by atoms with van der Waals surface area (Å²) in [5.41, 5.74) is 4.37. The Morgan fingerprint density at radius 3 is 2.51 bits per heavy atom. The Hall–Kier alpha value is -3.29. The van der Waals surface area contributed by atoms with Crippen LogP contribution >= 0.6 is 23.2 Å². The van der Waals surface area contributed by atoms with Gasteiger partial charge in [0.2, 0.25) is 0 Å². The number of rotatable bonds is 6. The number of aryl methyl sites for hydroxylation is 3. The molecule has 0 atom stereocenters. The van der Waals surface area contributed by atoms with Crippen molar-refractivity contribution in [2.75, 3.05) is 0 Å². The second kappa shape index (κ2) is 10.1. The zero-order valence-electron chi connectivity index (χ0n) is 20.1. The molecule has 7 nitrogen and oxygen atoms in total. The summed E-state index contributed by atoms with van der Waals surface area (Å²) in [5, 5.41) is 0.265. The molecule has 4 rings (SSSR count). The SMILES string of the molecule is Cc1cccc(COc2cc(C)n(-c3cc(-c4nc(C(C)C)ncc4C)ncc3Cl)c(=O)c2Cl)n1. The van der Waals surface area contributed by atoms with Crippen LogP contribution in [0.2, 0.25) is 10.0 Å². The molecule has 0 fully saturated rings. The Balaban J connectivity index is 1.75. The lowest BCUT2D eigenvalue weighted by Crippen LogP contribution is -2.22. The van der Waals surface area contributed by atoms with E-state index in [9.17, 15) is 4.79 Å². The van der Waals surface area contributed by atoms with Crippen LogP contribution in [0.4, 0.5) is 0 Å². The second-order valence-electron chi connectivity index (χ2n) is 8.60. The van der Waals surface area contributed by atoms with Crippen molar-refractivity contribution in [3.63, 3.8) is 0 Å². The van der Waals surface area contributed by atoms with Gasteiger partial charge < -0.3 is 4.74 Å². The smallest absolute Gasteiger partial charge is 0.277 e. The molecule has 0 aliphatic rings. The largest absolute Gasteiger partial charge is 0.485 e. The first kappa shape index (κ1) is 24.8. The van der Waals surface area contributed by atoms with E-state index in [1.807, 2.05) is 45.9 Å². The topological polar surface area (TPSA) is 82.8 Å². The number of pyridine rings is 3. The van der Waals surface area contributed by atoms with Gasteiger partial charge in [-0.3, -0.25) is 19.3 Å². The van der Waals surface area contributed by atoms with Crippen LogP contribution < -0.4 is 10.3 Å². The van der Waals surface area contributed by atoms with Crippen LogP contribution in [0.1, 0.15) is 48.2 Å². The Morgan fingerprint density at radius 2 is 1.80 bits per heavy atom. The average molecular weight is 510 g/mol. The number of halogens is 2. The summed E-state index contributed by atoms with van der Waals surface area (Å²) in [5.74, 6) is 1.16. The predicted molar refractivity (Wildman–Crippen MR) is 138 cm³/mol. The van der Waals surface area contributed by atoms with Crippen molar-refractivity contribution in [3.05, 3.63) is 91.6 Å². The first-order valence-electron chi connectivity index (χ1n) is 11.1. The molecule has 4 aromatic heterocycles. The fourth-order valence-corrected chi connectivity index (χ4v) is 4.02. The van der Waals surface area contributed by atoms with E-state index in [2.05, 4.69) is 19.9 Å². The first-order valence-corrected chi connectivity index (χ1v) is 11.9. The fraction of sp³-hybridized carbons (Fsp3) is 0.269. The van der Waals surface area contributed by atoms with E-state index < -0.39 is 5.56 Å². The lowest BCUT2D eigenvalue weighted by atomic mass is 10.1. The van der Waals surface area contributed by atoms with Crippen molar-refractivity contribution < 1.29 is 4.74 Å². The van der Waals surface area contributed by atoms with Crippen molar-refractivity contribution in [3.8, 4) is 22.8 Å². The van der Waals surface area contributed by atoms with E-state index in [0.29, 0.717) is 33.6 Å². The Morgan fingerprint density at radius 1 is 1.03 bits per heavy atom. The third-order valence-corrected chi connectivity index (χ3v) is 6.09. The van der Waals surface area contributed by atoms with Gasteiger partial charge in [0.25, 0.3) is 5.56 Å². The van der Waals surface area contributed by atoms with E-state index in [1.165, 1.54) is 10.8 Å². The molecule has 4 aromatic rings. The van der Waals surface area contributed by atoms with E-state index >= 15 is 0 Å². The minimum Gasteiger partial charge on any atom is -0.485 e. The fourth-order valence-electron chi connectivity index (χ4n) is 3.64. The Bertz CT molecular complexity index is 1470. The van der Waals surface area contributed by atoms with Gasteiger partial charge in [0, 0.05) is 35.8 Å². The molecule has 0 saturated carbocycles. The molecule has 0 bridgehead atoms. The molecule has 0 radical (unpaired) electrons. The molecule has 0 amide bonds. The molecule has 0 spiro atoms. The summed E-state index contributed by atoms with van der Waals surface area (Å²) in [4.78, 5) is 31.3. The summed E-state index contributed by atoms with van der Waals surface area (Å²) in [6.07, 6.45) is 3.29. The highest BCUT2D eigenvalue weighted by atomic mass is 35.5. The number of hydrogen-bond acceptors (Lipinski definition) is 6. The number of nitrogens with zero attached hydrogens (tertiary/aromatic N) is 5. The quantitative estimate of drug-likeness (QED) is 0.316. The Kier molecular flexibility index (Phi) is 7.19. The highest BCUT2D eigenvalue weighted by Crippen LogP contribution is 2.30. The highest BCUT2D eigenvalue weighted by Gasteiger charge is 2.18. The van der Waals surface area contributed by atoms with Gasteiger partial charge in [-0.2, -0.15) is 0 Å². The summed E-state index contributed by atoms with van der Waals surface area (Å²) in [7, 11) is 0. The third kappa shape index (κ3) is 5.21. The van der Waals surface area contributed by atoms with Gasteiger partial charge in [0.05, 0.1) is 27.8 Å². The standard InChI is InChI=1S/C26H25Cl2N5O2/c1-14(2)25-30-11-15(3)24(32-25)20-10-21(19(27)12-29-20)33-17(5)9-22(23(28)26(33)34)35-13-18-8-6-7-16(4)31-18/h6-12,14H,13H2,1-5H3. The summed E-state index contributed by atoms with van der Waals surface area (Å²) in [6.45, 7) is 9.85. The van der Waals surface area contributed by atoms with E-state index in [0.717, 1.165) is 17.0 Å². The third-order valence-electron chi connectivity index (χ3n) is 5.45. The number of ether oxygens (including phenoxy) is 1. The van der Waals surface area contributed by atoms with Gasteiger partial charge in [0.1, 0.15) is 23.2 Å². The van der Waals surface area contributed by atoms with Crippen LogP contribution in [0.5, 0.6) is 5.75 Å². The maximum Gasteiger partial charge on any atom is 0.277 e. The van der Waals surface area contributed by atoms with E-state index in [4.69, 9.17) is 27.9 Å². The van der Waals surface area contributed by atoms with Crippen molar-refractivity contribution in [2.45, 2.75) is 47.1 Å². The zero-order chi connectivity index (χ0) is 25.3. The maximum absolute atomic E-state index is 13.3. The molecule has 180 valence electrons. The Labute approximate surface area is 213 Å². The van der Waals surface area contributed by atoms with Crippen LogP contribution in [0.15, 0.2) is 47.5 Å². The lowest BCUT2D eigenvalue weighted by molar-refractivity contribution is 0.300. The predicted octanol–water partition coefficient (Wildman–Crippen LogP) is 6.02. The van der Waals surface area contributed by atoms with Gasteiger partial charge in [0.15, 0.2) is 0 Å². The molecule has 0 aromatic carbocycles. The molecule has 0 aliphatic heterocycles. The monoisotopic (exact) mass is 509 g/mol. The molecule has 0 aliphatic carbocycles. The van der Waals surface area contributed by atoms with Gasteiger partial charge >= 0.3 is 0 Å². The molecular formula is C26H25Cl2N5O2. The molecular weight excluding hydrogens is 485 g/mol. The second-order valence-corrected chi connectivity index (χ2v) is 9.38. The van der Waals surface area contributed by atoms with Crippen molar-refractivity contribution >= 4 is 23.2 Å². The lowest BCUT2D eigenvalue weighted by Gasteiger charge is -2.16. The molecule has 0 N–H and O–H groups in total. The maximum atomic E-state index is 13.3. The minimum atomic E-state index is -0.444. The van der Waals surface area contributed by atoms with Crippen molar-refractivity contribution in [1.82, 2.24) is 24.5 Å². The van der Waals surface area contributed by atoms with Crippen LogP contribution in [-0.2, 0) is 6.61 Å². The van der Waals surface area contributed by atoms with Gasteiger partial charge in [-0.15, -0.1) is 0 Å². The van der Waals surface area contributed by atoms with Gasteiger partial charge in [-0.25, -0.2) is 9.97 Å². The normalized spacial score (nSPS) is 11.2. The summed E-state index contributed by atoms with van der Waals surface area (Å²) < 4.78 is 7.29. The number of aromatic nitrogens is 5. The molecule has 0 saturated heterocycles. The molecule has 0 unspecified atom stereocenters. The summed E-state index contributed by atoms with van der Waals surface area (Å²) >= 11 is 12.9. The summed E-state index contributed by atoms with van der Waals surface area (Å²) in [6, 6.07) is 9.11. The van der Waals surface area contributed by atoms with Crippen molar-refractivity contribution in [1.29, 1.82) is 0 Å². The van der Waals surface area contributed by atoms with E-state index in [-0.39, 0.29) is 23.3 Å². The molecule has 4 heterocycles. The van der Waals surface area contributed by atoms with Crippen LogP contribution in [0.3, 0.4) is 0 Å². The average Bonchev–Trinajstić information content (AvgIpc) is 2.82. The van der Waals surface area contributed by atoms with Crippen LogP contribution in [0, 0.1) is 20.8 Å². The first-order chi connectivity index (χ1) is 16.7. The molecule has 9 heteroatoms. The van der Waals surface area contributed by atoms with Gasteiger partial charge in [-0.05, 0) is 44.5 Å². The zero-order valence-corrected chi connectivity index (χ0v) is 21.6. The van der Waals surface area contributed by atoms with Crippen molar-refractivity contribution in [2.24, 2.45) is 0 Å². The van der Waals surface area contributed by atoms with Gasteiger partial charge in [-0.1, -0.05) is 43.1 Å². The number of hydrogen-bond donors (Lipinski definition) is 0.